The predicted molar refractivity (Wildman–Crippen MR) is 51.0 cm³/mol. The molecule has 0 saturated carbocycles. The van der Waals surface area contributed by atoms with Gasteiger partial charge in [-0.05, 0) is 18.6 Å². The van der Waals surface area contributed by atoms with E-state index < -0.39 is 0 Å². The standard InChI is InChI=1S/C9H20N3/c1-8-7-10(4)12(6)11(5)9(8,2)3/h8H,6-7H2,1-5H3/q+1. The molecule has 0 aliphatic carbocycles. The quantitative estimate of drug-likeness (QED) is 0.498. The lowest BCUT2D eigenvalue weighted by Crippen LogP contribution is -2.62. The van der Waals surface area contributed by atoms with Crippen molar-refractivity contribution < 1.29 is 4.79 Å². The van der Waals surface area contributed by atoms with Gasteiger partial charge in [-0.15, -0.1) is 0 Å². The molecule has 12 heavy (non-hydrogen) atoms. The van der Waals surface area contributed by atoms with Crippen LogP contribution >= 0.6 is 0 Å². The molecule has 1 aliphatic heterocycles. The molecule has 1 saturated heterocycles. The Kier molecular flexibility index (Phi) is 2.06. The number of rotatable bonds is 0. The van der Waals surface area contributed by atoms with Crippen molar-refractivity contribution in [2.75, 3.05) is 20.6 Å². The normalized spacial score (nSPS) is 29.4. The number of nitrogens with zero attached hydrogens (tertiary/aromatic N) is 3. The molecule has 0 aromatic rings. The van der Waals surface area contributed by atoms with Crippen LogP contribution in [0.4, 0.5) is 0 Å². The van der Waals surface area contributed by atoms with E-state index in [1.165, 1.54) is 0 Å². The van der Waals surface area contributed by atoms with E-state index in [-0.39, 0.29) is 5.54 Å². The summed E-state index contributed by atoms with van der Waals surface area (Å²) in [6, 6.07) is 0. The van der Waals surface area contributed by atoms with Crippen LogP contribution in [0.3, 0.4) is 0 Å². The summed E-state index contributed by atoms with van der Waals surface area (Å²) in [5, 5.41) is 4.32. The molecular formula is C9H20N3+. The Morgan fingerprint density at radius 2 is 1.92 bits per heavy atom. The Hall–Kier alpha value is -0.730. The molecule has 3 heteroatoms. The van der Waals surface area contributed by atoms with Gasteiger partial charge in [0.15, 0.2) is 6.72 Å². The highest BCUT2D eigenvalue weighted by molar-refractivity contribution is 5.14. The second-order valence-corrected chi connectivity index (χ2v) is 4.29. The van der Waals surface area contributed by atoms with Crippen molar-refractivity contribution in [3.63, 3.8) is 0 Å². The molecule has 0 N–H and O–H groups in total. The van der Waals surface area contributed by atoms with Gasteiger partial charge in [-0.1, -0.05) is 6.92 Å². The van der Waals surface area contributed by atoms with Crippen LogP contribution in [0.25, 0.3) is 0 Å². The van der Waals surface area contributed by atoms with E-state index in [4.69, 9.17) is 0 Å². The first kappa shape index (κ1) is 9.36. The fourth-order valence-corrected chi connectivity index (χ4v) is 1.56. The molecule has 0 aromatic carbocycles. The first-order chi connectivity index (χ1) is 5.37. The van der Waals surface area contributed by atoms with Crippen LogP contribution in [-0.4, -0.2) is 47.7 Å². The summed E-state index contributed by atoms with van der Waals surface area (Å²) in [6.07, 6.45) is 0. The highest BCUT2D eigenvalue weighted by Crippen LogP contribution is 2.27. The molecule has 1 fully saturated rings. The minimum atomic E-state index is 0.203. The van der Waals surface area contributed by atoms with Gasteiger partial charge in [0.25, 0.3) is 0 Å². The lowest BCUT2D eigenvalue weighted by molar-refractivity contribution is -0.826. The van der Waals surface area contributed by atoms with Gasteiger partial charge in [0, 0.05) is 5.92 Å². The zero-order chi connectivity index (χ0) is 9.52. The lowest BCUT2D eigenvalue weighted by Gasteiger charge is -2.44. The molecule has 1 atom stereocenters. The molecule has 0 amide bonds. The summed E-state index contributed by atoms with van der Waals surface area (Å²) in [5.41, 5.74) is 0.203. The second kappa shape index (κ2) is 2.64. The van der Waals surface area contributed by atoms with E-state index in [9.17, 15) is 0 Å². The molecule has 1 aliphatic rings. The molecule has 1 unspecified atom stereocenters. The van der Waals surface area contributed by atoms with E-state index in [2.05, 4.69) is 51.6 Å². The zero-order valence-corrected chi connectivity index (χ0v) is 8.83. The molecule has 1 heterocycles. The summed E-state index contributed by atoms with van der Waals surface area (Å²) in [6.45, 7) is 11.8. The second-order valence-electron chi connectivity index (χ2n) is 4.29. The van der Waals surface area contributed by atoms with Crippen molar-refractivity contribution in [3.05, 3.63) is 0 Å². The van der Waals surface area contributed by atoms with Gasteiger partial charge >= 0.3 is 0 Å². The van der Waals surface area contributed by atoms with Crippen molar-refractivity contribution in [1.82, 2.24) is 10.0 Å². The number of hydrazine groups is 2. The lowest BCUT2D eigenvalue weighted by atomic mass is 9.87. The monoisotopic (exact) mass is 170 g/mol. The molecule has 0 aromatic heterocycles. The van der Waals surface area contributed by atoms with Gasteiger partial charge in [-0.25, -0.2) is 0 Å². The van der Waals surface area contributed by atoms with Crippen LogP contribution in [0.1, 0.15) is 20.8 Å². The summed E-state index contributed by atoms with van der Waals surface area (Å²) < 4.78 is 0. The predicted octanol–water partition coefficient (Wildman–Crippen LogP) is 0.821. The van der Waals surface area contributed by atoms with Gasteiger partial charge in [-0.3, -0.25) is 0 Å². The van der Waals surface area contributed by atoms with Crippen LogP contribution in [0.2, 0.25) is 0 Å². The van der Waals surface area contributed by atoms with Crippen LogP contribution in [0, 0.1) is 5.92 Å². The molecular weight excluding hydrogens is 150 g/mol. The topological polar surface area (TPSA) is 9.49 Å². The van der Waals surface area contributed by atoms with Crippen LogP contribution in [0.5, 0.6) is 0 Å². The molecule has 0 bridgehead atoms. The van der Waals surface area contributed by atoms with Crippen molar-refractivity contribution in [3.8, 4) is 0 Å². The Bertz CT molecular complexity index is 198. The minimum Gasteiger partial charge on any atom is -0.162 e. The fourth-order valence-electron chi connectivity index (χ4n) is 1.56. The van der Waals surface area contributed by atoms with E-state index in [0.717, 1.165) is 6.54 Å². The van der Waals surface area contributed by atoms with E-state index in [0.29, 0.717) is 5.92 Å². The Balaban J connectivity index is 2.88. The summed E-state index contributed by atoms with van der Waals surface area (Å²) >= 11 is 0. The molecule has 3 nitrogen and oxygen atoms in total. The first-order valence-electron chi connectivity index (χ1n) is 4.42. The number of hydrogen-bond donors (Lipinski definition) is 0. The minimum absolute atomic E-state index is 0.203. The average Bonchev–Trinajstić information content (AvgIpc) is 1.99. The third-order valence-electron chi connectivity index (χ3n) is 3.32. The average molecular weight is 170 g/mol. The van der Waals surface area contributed by atoms with Gasteiger partial charge in [-0.2, -0.15) is 10.0 Å². The van der Waals surface area contributed by atoms with Crippen LogP contribution < -0.4 is 0 Å². The van der Waals surface area contributed by atoms with Crippen LogP contribution in [0.15, 0.2) is 0 Å². The third kappa shape index (κ3) is 1.17. The maximum atomic E-state index is 3.97. The first-order valence-corrected chi connectivity index (χ1v) is 4.42. The molecule has 70 valence electrons. The Morgan fingerprint density at radius 3 is 2.42 bits per heavy atom. The number of hydrogen-bond acceptors (Lipinski definition) is 2. The van der Waals surface area contributed by atoms with Gasteiger partial charge < -0.3 is 0 Å². The van der Waals surface area contributed by atoms with Crippen LogP contribution in [-0.2, 0) is 0 Å². The van der Waals surface area contributed by atoms with E-state index in [1.807, 2.05) is 4.79 Å². The Morgan fingerprint density at radius 1 is 1.42 bits per heavy atom. The largest absolute Gasteiger partial charge is 0.192 e. The highest BCUT2D eigenvalue weighted by Gasteiger charge is 2.42. The third-order valence-corrected chi connectivity index (χ3v) is 3.32. The molecule has 0 radical (unpaired) electrons. The Labute approximate surface area is 75.2 Å². The molecule has 0 spiro atoms. The number of hydrazone groups is 2. The van der Waals surface area contributed by atoms with Gasteiger partial charge in [0.05, 0.1) is 26.2 Å². The molecule has 1 rings (SSSR count). The smallest absolute Gasteiger partial charge is 0.162 e. The summed E-state index contributed by atoms with van der Waals surface area (Å²) in [5.74, 6) is 0.658. The fraction of sp³-hybridized carbons (Fsp3) is 0.889. The summed E-state index contributed by atoms with van der Waals surface area (Å²) in [4.78, 5) is 1.93. The van der Waals surface area contributed by atoms with Crippen molar-refractivity contribution in [2.24, 2.45) is 5.92 Å². The van der Waals surface area contributed by atoms with Crippen molar-refractivity contribution in [2.45, 2.75) is 26.3 Å². The summed E-state index contributed by atoms with van der Waals surface area (Å²) in [7, 11) is 4.15. The SMILES string of the molecule is C=[N+]1N(C)CC(C)C(C)(C)N1C. The van der Waals surface area contributed by atoms with E-state index >= 15 is 0 Å². The van der Waals surface area contributed by atoms with Gasteiger partial charge in [0.2, 0.25) is 0 Å². The highest BCUT2D eigenvalue weighted by atomic mass is 15.8. The van der Waals surface area contributed by atoms with E-state index in [1.54, 1.807) is 0 Å². The maximum absolute atomic E-state index is 3.97. The maximum Gasteiger partial charge on any atom is 0.192 e. The zero-order valence-electron chi connectivity index (χ0n) is 8.83. The van der Waals surface area contributed by atoms with Crippen molar-refractivity contribution in [1.29, 1.82) is 0 Å². The van der Waals surface area contributed by atoms with Crippen molar-refractivity contribution >= 4 is 6.72 Å². The van der Waals surface area contributed by atoms with Gasteiger partial charge in [0.1, 0.15) is 0 Å².